The number of nitrogens with zero attached hydrogens (tertiary/aromatic N) is 3. The number of alkyl halides is 2. The molecule has 3 aliphatic heterocycles. The molecule has 192 valence electrons. The van der Waals surface area contributed by atoms with Crippen LogP contribution in [0.15, 0.2) is 60.3 Å². The van der Waals surface area contributed by atoms with Crippen LogP contribution >= 0.6 is 68.4 Å². The van der Waals surface area contributed by atoms with Crippen molar-refractivity contribution in [1.82, 2.24) is 4.90 Å². The molecule has 0 spiro atoms. The van der Waals surface area contributed by atoms with Crippen LogP contribution in [-0.2, 0) is 14.3 Å². The fourth-order valence-electron chi connectivity index (χ4n) is 4.33. The number of anilines is 2. The van der Waals surface area contributed by atoms with Gasteiger partial charge in [0.15, 0.2) is 4.33 Å². The Balaban J connectivity index is 0.000000174. The molecule has 2 fully saturated rings. The fraction of sp³-hybridized carbons (Fsp3) is 0.385. The number of morpholine rings is 1. The van der Waals surface area contributed by atoms with Crippen LogP contribution in [0.4, 0.5) is 11.4 Å². The van der Waals surface area contributed by atoms with Crippen LogP contribution in [0.2, 0.25) is 0 Å². The molecule has 0 atom stereocenters. The molecule has 2 amide bonds. The average molecular weight is 754 g/mol. The molecule has 10 heteroatoms. The van der Waals surface area contributed by atoms with Crippen molar-refractivity contribution in [3.63, 3.8) is 0 Å². The molecule has 0 saturated carbocycles. The van der Waals surface area contributed by atoms with Crippen LogP contribution in [0.25, 0.3) is 0 Å². The number of carbonyl (C=O) groups is 2. The summed E-state index contributed by atoms with van der Waals surface area (Å²) < 4.78 is 6.41. The smallest absolute Gasteiger partial charge is 0.274 e. The molecule has 36 heavy (non-hydrogen) atoms. The van der Waals surface area contributed by atoms with Crippen LogP contribution in [0.3, 0.4) is 0 Å². The van der Waals surface area contributed by atoms with E-state index in [9.17, 15) is 9.59 Å². The predicted octanol–water partition coefficient (Wildman–Crippen LogP) is 5.84. The van der Waals surface area contributed by atoms with E-state index in [4.69, 9.17) is 27.9 Å². The van der Waals surface area contributed by atoms with Crippen molar-refractivity contribution in [1.29, 1.82) is 0 Å². The lowest BCUT2D eigenvalue weighted by molar-refractivity contribution is -0.120. The van der Waals surface area contributed by atoms with Crippen LogP contribution in [0, 0.1) is 7.14 Å². The summed E-state index contributed by atoms with van der Waals surface area (Å²) in [7, 11) is 0. The number of benzene rings is 2. The van der Waals surface area contributed by atoms with Crippen molar-refractivity contribution in [3.05, 3.63) is 67.4 Å². The van der Waals surface area contributed by atoms with E-state index in [1.807, 2.05) is 53.4 Å². The third-order valence-electron chi connectivity index (χ3n) is 6.21. The van der Waals surface area contributed by atoms with Gasteiger partial charge in [0.25, 0.3) is 11.8 Å². The first kappa shape index (κ1) is 27.9. The number of carbonyl (C=O) groups excluding carboxylic acids is 2. The summed E-state index contributed by atoms with van der Waals surface area (Å²) >= 11 is 16.4. The summed E-state index contributed by atoms with van der Waals surface area (Å²) in [6.45, 7) is 4.45. The summed E-state index contributed by atoms with van der Waals surface area (Å²) in [4.78, 5) is 30.3. The van der Waals surface area contributed by atoms with Gasteiger partial charge in [-0.25, -0.2) is 0 Å². The van der Waals surface area contributed by atoms with Crippen LogP contribution in [0.1, 0.15) is 19.3 Å². The van der Waals surface area contributed by atoms with Crippen molar-refractivity contribution in [2.75, 3.05) is 49.2 Å². The Kier molecular flexibility index (Phi) is 9.81. The molecular weight excluding hydrogens is 727 g/mol. The highest BCUT2D eigenvalue weighted by Gasteiger charge is 2.41. The molecule has 0 N–H and O–H groups in total. The zero-order chi connectivity index (χ0) is 25.7. The van der Waals surface area contributed by atoms with Gasteiger partial charge in [0, 0.05) is 44.7 Å². The lowest BCUT2D eigenvalue weighted by Crippen LogP contribution is -2.47. The molecule has 0 radical (unpaired) electrons. The van der Waals surface area contributed by atoms with Gasteiger partial charge in [0.1, 0.15) is 0 Å². The number of halogens is 4. The number of rotatable bonds is 3. The van der Waals surface area contributed by atoms with Crippen LogP contribution < -0.4 is 9.80 Å². The number of hydrogen-bond donors (Lipinski definition) is 0. The maximum absolute atomic E-state index is 12.7. The average Bonchev–Trinajstić information content (AvgIpc) is 2.88. The molecule has 0 aliphatic carbocycles. The van der Waals surface area contributed by atoms with Gasteiger partial charge in [-0.05, 0) is 113 Å². The molecule has 2 aromatic carbocycles. The van der Waals surface area contributed by atoms with Gasteiger partial charge in [0.2, 0.25) is 0 Å². The maximum Gasteiger partial charge on any atom is 0.274 e. The van der Waals surface area contributed by atoms with Crippen molar-refractivity contribution >= 4 is 91.6 Å². The van der Waals surface area contributed by atoms with E-state index in [-0.39, 0.29) is 11.8 Å². The number of piperidine rings is 1. The first-order chi connectivity index (χ1) is 17.3. The minimum atomic E-state index is -1.26. The normalized spacial score (nSPS) is 20.0. The Bertz CT molecular complexity index is 1100. The molecule has 6 nitrogen and oxygen atoms in total. The first-order valence-corrected chi connectivity index (χ1v) is 14.7. The quantitative estimate of drug-likeness (QED) is 0.293. The van der Waals surface area contributed by atoms with Crippen molar-refractivity contribution in [2.45, 2.75) is 23.6 Å². The highest BCUT2D eigenvalue weighted by Crippen LogP contribution is 2.35. The number of ether oxygens (including phenoxy) is 1. The molecule has 2 saturated heterocycles. The molecule has 3 heterocycles. The maximum atomic E-state index is 12.7. The molecule has 0 unspecified atom stereocenters. The van der Waals surface area contributed by atoms with E-state index in [1.165, 1.54) is 3.57 Å². The van der Waals surface area contributed by atoms with Gasteiger partial charge in [-0.2, -0.15) is 0 Å². The third-order valence-corrected chi connectivity index (χ3v) is 8.35. The Morgan fingerprint density at radius 2 is 1.33 bits per heavy atom. The molecular formula is C26H27Cl2I2N3O3. The van der Waals surface area contributed by atoms with Gasteiger partial charge >= 0.3 is 0 Å². The second kappa shape index (κ2) is 12.6. The Morgan fingerprint density at radius 3 is 1.92 bits per heavy atom. The van der Waals surface area contributed by atoms with E-state index >= 15 is 0 Å². The van der Waals surface area contributed by atoms with Gasteiger partial charge in [-0.3, -0.25) is 9.59 Å². The summed E-state index contributed by atoms with van der Waals surface area (Å²) in [6.07, 6.45) is 4.32. The van der Waals surface area contributed by atoms with Crippen molar-refractivity contribution in [3.8, 4) is 0 Å². The van der Waals surface area contributed by atoms with E-state index in [2.05, 4.69) is 56.2 Å². The van der Waals surface area contributed by atoms with E-state index in [0.717, 1.165) is 53.1 Å². The molecule has 0 bridgehead atoms. The third kappa shape index (κ3) is 6.86. The second-order valence-corrected chi connectivity index (χ2v) is 12.6. The van der Waals surface area contributed by atoms with Crippen molar-refractivity contribution in [2.24, 2.45) is 0 Å². The Hall–Kier alpha value is -1.08. The zero-order valence-corrected chi connectivity index (χ0v) is 25.5. The molecule has 3 aliphatic rings. The predicted molar refractivity (Wildman–Crippen MR) is 162 cm³/mol. The van der Waals surface area contributed by atoms with Gasteiger partial charge in [-0.15, -0.1) is 0 Å². The topological polar surface area (TPSA) is 53.1 Å². The zero-order valence-electron chi connectivity index (χ0n) is 19.6. The fourth-order valence-corrected chi connectivity index (χ4v) is 5.52. The summed E-state index contributed by atoms with van der Waals surface area (Å²) in [5, 5.41) is 0. The number of hydrogen-bond acceptors (Lipinski definition) is 4. The second-order valence-electron chi connectivity index (χ2n) is 8.65. The first-order valence-electron chi connectivity index (χ1n) is 11.8. The van der Waals surface area contributed by atoms with Crippen LogP contribution in [0.5, 0.6) is 0 Å². The molecule has 2 aromatic rings. The largest absolute Gasteiger partial charge is 0.378 e. The standard InChI is InChI=1S/C15H17IN2O2.C11H10Cl2INO/c16-12-3-5-13(6-4-12)18-7-1-2-14(15(18)19)17-8-10-20-11-9-17;12-11(13)6-1-7-15(10(11)16)9-4-2-8(14)3-5-9/h2-6H,1,7-11H2;2-5H,1,6-7H2. The Morgan fingerprint density at radius 1 is 0.778 bits per heavy atom. The summed E-state index contributed by atoms with van der Waals surface area (Å²) in [6, 6.07) is 15.9. The molecule has 5 rings (SSSR count). The summed E-state index contributed by atoms with van der Waals surface area (Å²) in [5.74, 6) is -0.109. The lowest BCUT2D eigenvalue weighted by Gasteiger charge is -2.35. The highest BCUT2D eigenvalue weighted by molar-refractivity contribution is 14.1. The molecule has 0 aromatic heterocycles. The lowest BCUT2D eigenvalue weighted by atomic mass is 10.1. The highest BCUT2D eigenvalue weighted by atomic mass is 127. The van der Waals surface area contributed by atoms with E-state index < -0.39 is 4.33 Å². The van der Waals surface area contributed by atoms with Gasteiger partial charge < -0.3 is 19.4 Å². The minimum Gasteiger partial charge on any atom is -0.378 e. The SMILES string of the molecule is O=C1C(N2CCOCC2)=CCCN1c1ccc(I)cc1.O=C1N(c2ccc(I)cc2)CCCC1(Cl)Cl. The van der Waals surface area contributed by atoms with Crippen LogP contribution in [-0.4, -0.2) is 60.4 Å². The summed E-state index contributed by atoms with van der Waals surface area (Å²) in [5.41, 5.74) is 2.67. The number of amides is 2. The van der Waals surface area contributed by atoms with Crippen molar-refractivity contribution < 1.29 is 14.3 Å². The monoisotopic (exact) mass is 753 g/mol. The van der Waals surface area contributed by atoms with E-state index in [0.29, 0.717) is 26.2 Å². The Labute approximate surface area is 249 Å². The van der Waals surface area contributed by atoms with Gasteiger partial charge in [0.05, 0.1) is 18.9 Å². The minimum absolute atomic E-state index is 0.111. The van der Waals surface area contributed by atoms with E-state index in [1.54, 1.807) is 4.90 Å². The van der Waals surface area contributed by atoms with Gasteiger partial charge in [-0.1, -0.05) is 29.3 Å².